The van der Waals surface area contributed by atoms with E-state index in [0.29, 0.717) is 17.8 Å². The van der Waals surface area contributed by atoms with Crippen molar-refractivity contribution in [3.05, 3.63) is 61.1 Å². The van der Waals surface area contributed by atoms with E-state index in [1.165, 1.54) is 12.8 Å². The van der Waals surface area contributed by atoms with Crippen LogP contribution < -0.4 is 21.6 Å². The Morgan fingerprint density at radius 3 is 2.21 bits per heavy atom. The van der Waals surface area contributed by atoms with Crippen LogP contribution in [0.3, 0.4) is 0 Å². The van der Waals surface area contributed by atoms with Crippen molar-refractivity contribution < 1.29 is 13.4 Å². The minimum atomic E-state index is -1.97. The van der Waals surface area contributed by atoms with Gasteiger partial charge in [-0.25, -0.2) is 0 Å². The second-order valence-corrected chi connectivity index (χ2v) is 12.6. The summed E-state index contributed by atoms with van der Waals surface area (Å²) in [7, 11) is -2.96. The van der Waals surface area contributed by atoms with Crippen molar-refractivity contribution in [2.75, 3.05) is 0 Å². The highest BCUT2D eigenvalue weighted by molar-refractivity contribution is 7.80. The maximum atomic E-state index is 14.1. The van der Waals surface area contributed by atoms with Gasteiger partial charge in [-0.15, -0.1) is 0 Å². The van der Waals surface area contributed by atoms with Gasteiger partial charge in [0.25, 0.3) is 0 Å². The van der Waals surface area contributed by atoms with E-state index in [9.17, 15) is 4.57 Å². The van der Waals surface area contributed by atoms with Crippen LogP contribution in [0.25, 0.3) is 0 Å². The zero-order valence-corrected chi connectivity index (χ0v) is 19.3. The van der Waals surface area contributed by atoms with Crippen LogP contribution in [-0.4, -0.2) is 5.66 Å². The van der Waals surface area contributed by atoms with Gasteiger partial charge in [-0.05, 0) is 54.9 Å². The molecule has 1 aliphatic rings. The van der Waals surface area contributed by atoms with Gasteiger partial charge in [0.2, 0.25) is 0 Å². The van der Waals surface area contributed by atoms with Gasteiger partial charge in [-0.2, -0.15) is 0 Å². The van der Waals surface area contributed by atoms with Crippen LogP contribution in [0.2, 0.25) is 0 Å². The predicted molar refractivity (Wildman–Crippen MR) is 123 cm³/mol. The molecule has 3 nitrogen and oxygen atoms in total. The van der Waals surface area contributed by atoms with Gasteiger partial charge in [-0.1, -0.05) is 51.5 Å². The van der Waals surface area contributed by atoms with Crippen molar-refractivity contribution in [1.29, 1.82) is 0 Å². The number of furan rings is 2. The standard InChI is InChI=1S/C24H30O3P2/c1-17(2)19-13-12-18(3)16-22(19)29(25)21-9-5-4-8-20(21)28(23-10-6-14-26-23)24-11-7-15-27-24/h4-11,14-15,17-19,22,29H,12-13,16H2,1-3H3/t18-,19+,22-/m1/s1. The second kappa shape index (κ2) is 9.07. The molecule has 0 radical (unpaired) electrons. The van der Waals surface area contributed by atoms with Crippen LogP contribution in [0.15, 0.2) is 69.9 Å². The molecule has 0 saturated heterocycles. The first kappa shape index (κ1) is 20.7. The predicted octanol–water partition coefficient (Wildman–Crippen LogP) is 5.28. The first-order valence-corrected chi connectivity index (χ1v) is 13.4. The zero-order chi connectivity index (χ0) is 20.4. The zero-order valence-electron chi connectivity index (χ0n) is 17.4. The molecule has 1 fully saturated rings. The van der Waals surface area contributed by atoms with Crippen molar-refractivity contribution in [2.45, 2.75) is 45.7 Å². The fourth-order valence-electron chi connectivity index (χ4n) is 4.72. The quantitative estimate of drug-likeness (QED) is 0.502. The van der Waals surface area contributed by atoms with Crippen LogP contribution in [0.4, 0.5) is 0 Å². The highest BCUT2D eigenvalue weighted by Gasteiger charge is 2.36. The minimum Gasteiger partial charge on any atom is -0.464 e. The number of hydrogen-bond donors (Lipinski definition) is 0. The average Bonchev–Trinajstić information content (AvgIpc) is 3.43. The van der Waals surface area contributed by atoms with E-state index >= 15 is 0 Å². The number of hydrogen-bond acceptors (Lipinski definition) is 3. The van der Waals surface area contributed by atoms with E-state index in [2.05, 4.69) is 32.9 Å². The fourth-order valence-corrected chi connectivity index (χ4v) is 9.98. The normalized spacial score (nSPS) is 23.6. The lowest BCUT2D eigenvalue weighted by atomic mass is 9.77. The molecule has 2 heterocycles. The van der Waals surface area contributed by atoms with E-state index in [4.69, 9.17) is 8.83 Å². The molecule has 0 N–H and O–H groups in total. The number of rotatable bonds is 6. The molecule has 0 aliphatic heterocycles. The molecule has 1 aliphatic carbocycles. The Morgan fingerprint density at radius 2 is 1.62 bits per heavy atom. The van der Waals surface area contributed by atoms with Gasteiger partial charge in [0.1, 0.15) is 18.8 Å². The smallest absolute Gasteiger partial charge is 0.137 e. The summed E-state index contributed by atoms with van der Waals surface area (Å²) in [5.74, 6) is 1.74. The highest BCUT2D eigenvalue weighted by Crippen LogP contribution is 2.47. The molecule has 154 valence electrons. The van der Waals surface area contributed by atoms with Crippen molar-refractivity contribution in [3.8, 4) is 0 Å². The van der Waals surface area contributed by atoms with E-state index < -0.39 is 15.7 Å². The summed E-state index contributed by atoms with van der Waals surface area (Å²) < 4.78 is 25.7. The highest BCUT2D eigenvalue weighted by atomic mass is 31.1. The first-order valence-electron chi connectivity index (χ1n) is 10.6. The second-order valence-electron chi connectivity index (χ2n) is 8.55. The van der Waals surface area contributed by atoms with Crippen LogP contribution >= 0.6 is 15.7 Å². The lowest BCUT2D eigenvalue weighted by Gasteiger charge is -2.37. The molecule has 1 saturated carbocycles. The lowest BCUT2D eigenvalue weighted by Crippen LogP contribution is -2.35. The van der Waals surface area contributed by atoms with Crippen LogP contribution in [0.5, 0.6) is 0 Å². The summed E-state index contributed by atoms with van der Waals surface area (Å²) in [6.07, 6.45) is 6.91. The minimum absolute atomic E-state index is 0.273. The Morgan fingerprint density at radius 1 is 0.966 bits per heavy atom. The van der Waals surface area contributed by atoms with E-state index in [1.807, 2.05) is 36.4 Å². The molecule has 4 rings (SSSR count). The van der Waals surface area contributed by atoms with Gasteiger partial charge in [0.05, 0.1) is 20.4 Å². The molecular formula is C24H30O3P2. The Kier molecular flexibility index (Phi) is 6.47. The topological polar surface area (TPSA) is 43.4 Å². The van der Waals surface area contributed by atoms with Gasteiger partial charge < -0.3 is 13.4 Å². The monoisotopic (exact) mass is 428 g/mol. The summed E-state index contributed by atoms with van der Waals surface area (Å²) in [6, 6.07) is 16.1. The lowest BCUT2D eigenvalue weighted by molar-refractivity contribution is 0.239. The molecule has 5 heteroatoms. The molecule has 3 aromatic rings. The Balaban J connectivity index is 1.77. The van der Waals surface area contributed by atoms with Crippen LogP contribution in [0, 0.1) is 17.8 Å². The Bertz CT molecular complexity index is 897. The van der Waals surface area contributed by atoms with Gasteiger partial charge >= 0.3 is 0 Å². The molecule has 0 bridgehead atoms. The molecule has 4 atom stereocenters. The molecule has 2 aromatic heterocycles. The van der Waals surface area contributed by atoms with E-state index in [0.717, 1.165) is 28.0 Å². The maximum absolute atomic E-state index is 14.1. The van der Waals surface area contributed by atoms with E-state index in [-0.39, 0.29) is 5.66 Å². The fraction of sp³-hybridized carbons (Fsp3) is 0.417. The molecule has 1 aromatic carbocycles. The first-order chi connectivity index (χ1) is 14.1. The van der Waals surface area contributed by atoms with Crippen molar-refractivity contribution in [3.63, 3.8) is 0 Å². The molecule has 29 heavy (non-hydrogen) atoms. The Hall–Kier alpha value is -1.56. The summed E-state index contributed by atoms with van der Waals surface area (Å²) in [6.45, 7) is 6.88. The van der Waals surface area contributed by atoms with Crippen molar-refractivity contribution in [1.82, 2.24) is 0 Å². The number of benzene rings is 1. The van der Waals surface area contributed by atoms with Crippen molar-refractivity contribution >= 4 is 37.3 Å². The third-order valence-electron chi connectivity index (χ3n) is 6.22. The van der Waals surface area contributed by atoms with Gasteiger partial charge in [0.15, 0.2) is 0 Å². The third-order valence-corrected chi connectivity index (χ3v) is 11.0. The van der Waals surface area contributed by atoms with Gasteiger partial charge in [0, 0.05) is 16.3 Å². The summed E-state index contributed by atoms with van der Waals surface area (Å²) in [4.78, 5) is 0. The van der Waals surface area contributed by atoms with Crippen molar-refractivity contribution in [2.24, 2.45) is 17.8 Å². The van der Waals surface area contributed by atoms with E-state index in [1.54, 1.807) is 12.5 Å². The maximum Gasteiger partial charge on any atom is 0.137 e. The molecule has 0 spiro atoms. The average molecular weight is 428 g/mol. The summed E-state index contributed by atoms with van der Waals surface area (Å²) in [5, 5.41) is 2.12. The molecule has 0 amide bonds. The molecule has 1 unspecified atom stereocenters. The van der Waals surface area contributed by atoms with Crippen LogP contribution in [0.1, 0.15) is 40.0 Å². The Labute approximate surface area is 175 Å². The van der Waals surface area contributed by atoms with Crippen LogP contribution in [-0.2, 0) is 4.57 Å². The largest absolute Gasteiger partial charge is 0.464 e. The molecular weight excluding hydrogens is 398 g/mol. The summed E-state index contributed by atoms with van der Waals surface area (Å²) >= 11 is 0. The SMILES string of the molecule is CC(C)[C@@H]1CC[C@@H](C)C[C@H]1[PH](=O)c1ccccc1P(c1ccco1)c1ccco1. The third kappa shape index (κ3) is 4.32. The van der Waals surface area contributed by atoms with Gasteiger partial charge in [-0.3, -0.25) is 0 Å². The summed E-state index contributed by atoms with van der Waals surface area (Å²) in [5.41, 5.74) is 2.04.